The summed E-state index contributed by atoms with van der Waals surface area (Å²) < 4.78 is 10.3. The molecule has 2 fully saturated rings. The van der Waals surface area contributed by atoms with Gasteiger partial charge in [-0.05, 0) is 68.8 Å². The van der Waals surface area contributed by atoms with Crippen molar-refractivity contribution in [3.8, 4) is 5.75 Å². The Kier molecular flexibility index (Phi) is 14.3. The van der Waals surface area contributed by atoms with Crippen LogP contribution >= 0.6 is 11.3 Å². The van der Waals surface area contributed by atoms with E-state index in [0.29, 0.717) is 24.3 Å². The smallest absolute Gasteiger partial charge is 0.308 e. The number of thiazole rings is 1. The number of aliphatic hydroxyl groups excluding tert-OH is 1. The average molecular weight is 742 g/mol. The maximum Gasteiger partial charge on any atom is 0.308 e. The lowest BCUT2D eigenvalue weighted by Gasteiger charge is -2.38. The summed E-state index contributed by atoms with van der Waals surface area (Å²) in [5.41, 5.74) is 0.547. The zero-order valence-electron chi connectivity index (χ0n) is 32.3. The number of rotatable bonds is 17. The molecule has 52 heavy (non-hydrogen) atoms. The zero-order valence-corrected chi connectivity index (χ0v) is 33.1. The lowest BCUT2D eigenvalue weighted by Crippen LogP contribution is -2.58. The zero-order chi connectivity index (χ0) is 38.3. The van der Waals surface area contributed by atoms with Crippen LogP contribution in [0.4, 0.5) is 0 Å². The Balaban J connectivity index is 1.46. The number of ether oxygens (including phenoxy) is 2. The molecule has 2 aromatic rings. The van der Waals surface area contributed by atoms with E-state index < -0.39 is 23.6 Å². The largest absolute Gasteiger partial charge is 0.497 e. The van der Waals surface area contributed by atoms with Crippen LogP contribution in [-0.4, -0.2) is 102 Å². The fraction of sp³-hybridized carbons (Fsp3) is 0.667. The highest BCUT2D eigenvalue weighted by Gasteiger charge is 2.57. The summed E-state index contributed by atoms with van der Waals surface area (Å²) in [7, 11) is 6.65. The van der Waals surface area contributed by atoms with E-state index in [4.69, 9.17) is 9.47 Å². The van der Waals surface area contributed by atoms with Crippen molar-refractivity contribution in [3.63, 3.8) is 0 Å². The minimum absolute atomic E-state index is 0.00866. The third-order valence-corrected chi connectivity index (χ3v) is 12.1. The first kappa shape index (κ1) is 41.2. The van der Waals surface area contributed by atoms with Gasteiger partial charge < -0.3 is 30.1 Å². The Labute approximate surface area is 313 Å². The molecule has 1 aliphatic carbocycles. The molecule has 1 aromatic carbocycles. The van der Waals surface area contributed by atoms with Crippen molar-refractivity contribution < 1.29 is 33.8 Å². The molecule has 1 saturated carbocycles. The van der Waals surface area contributed by atoms with Crippen molar-refractivity contribution >= 4 is 35.0 Å². The minimum Gasteiger partial charge on any atom is -0.497 e. The normalized spacial score (nSPS) is 23.1. The fourth-order valence-corrected chi connectivity index (χ4v) is 8.38. The molecule has 2 aliphatic rings. The molecule has 13 heteroatoms. The number of hydrogen-bond donors (Lipinski definition) is 3. The second-order valence-corrected chi connectivity index (χ2v) is 16.1. The molecule has 8 atom stereocenters. The van der Waals surface area contributed by atoms with Gasteiger partial charge in [-0.3, -0.25) is 24.1 Å². The highest BCUT2D eigenvalue weighted by Crippen LogP contribution is 2.55. The summed E-state index contributed by atoms with van der Waals surface area (Å²) in [6.07, 6.45) is 3.76. The molecule has 2 heterocycles. The van der Waals surface area contributed by atoms with Crippen LogP contribution in [0.15, 0.2) is 29.6 Å². The maximum atomic E-state index is 14.1. The standard InChI is InChI=1S/C39H59N5O7S/c1-10-24(4)33(41-35(47)30-13-11-12-18-43(30)6)37(48)44(7)31(23(2)3)19-32(45)36-40-29(22-52-36)34(46)42-39(20-25(5)38(49)51-9)21-28(39)26-14-16-27(50-8)17-15-26/h14-17,22-25,28,30-33,45H,10-13,18-21H2,1-9H3,(H,41,47)(H,42,46)/t24?,25-,28?,30?,31?,32+,33-,39-/m0/s1. The maximum absolute atomic E-state index is 14.1. The second-order valence-electron chi connectivity index (χ2n) is 15.2. The predicted molar refractivity (Wildman–Crippen MR) is 201 cm³/mol. The van der Waals surface area contributed by atoms with Crippen molar-refractivity contribution in [1.29, 1.82) is 0 Å². The van der Waals surface area contributed by atoms with Gasteiger partial charge in [-0.15, -0.1) is 11.3 Å². The Morgan fingerprint density at radius 1 is 1.12 bits per heavy atom. The second kappa shape index (κ2) is 18.0. The van der Waals surface area contributed by atoms with Crippen LogP contribution in [0, 0.1) is 17.8 Å². The van der Waals surface area contributed by atoms with Crippen molar-refractivity contribution in [2.24, 2.45) is 17.8 Å². The number of hydrogen-bond acceptors (Lipinski definition) is 10. The van der Waals surface area contributed by atoms with Crippen molar-refractivity contribution in [2.75, 3.05) is 34.9 Å². The van der Waals surface area contributed by atoms with Crippen LogP contribution in [0.1, 0.15) is 113 Å². The number of nitrogens with zero attached hydrogens (tertiary/aromatic N) is 3. The Morgan fingerprint density at radius 2 is 1.81 bits per heavy atom. The summed E-state index contributed by atoms with van der Waals surface area (Å²) in [6, 6.07) is 6.40. The van der Waals surface area contributed by atoms with Crippen molar-refractivity contribution in [3.05, 3.63) is 45.9 Å². The number of methoxy groups -OCH3 is 2. The number of likely N-dealkylation sites (tertiary alicyclic amines) is 1. The molecule has 4 rings (SSSR count). The summed E-state index contributed by atoms with van der Waals surface area (Å²) in [4.78, 5) is 61.7. The Morgan fingerprint density at radius 3 is 2.40 bits per heavy atom. The minimum atomic E-state index is -1.02. The van der Waals surface area contributed by atoms with Crippen LogP contribution in [0.5, 0.6) is 5.75 Å². The molecular weight excluding hydrogens is 683 g/mol. The number of nitrogens with one attached hydrogen (secondary N) is 2. The number of aliphatic hydroxyl groups is 1. The van der Waals surface area contributed by atoms with Crippen LogP contribution < -0.4 is 15.4 Å². The third-order valence-electron chi connectivity index (χ3n) is 11.2. The average Bonchev–Trinajstić information content (AvgIpc) is 3.58. The molecule has 3 amide bonds. The van der Waals surface area contributed by atoms with E-state index in [1.807, 2.05) is 59.0 Å². The van der Waals surface area contributed by atoms with Gasteiger partial charge >= 0.3 is 5.97 Å². The van der Waals surface area contributed by atoms with Gasteiger partial charge in [0.05, 0.1) is 26.2 Å². The number of amides is 3. The molecule has 0 radical (unpaired) electrons. The van der Waals surface area contributed by atoms with Gasteiger partial charge in [-0.25, -0.2) is 4.98 Å². The highest BCUT2D eigenvalue weighted by molar-refractivity contribution is 7.09. The van der Waals surface area contributed by atoms with Gasteiger partial charge in [0.2, 0.25) is 11.8 Å². The van der Waals surface area contributed by atoms with Gasteiger partial charge in [-0.1, -0.05) is 59.6 Å². The van der Waals surface area contributed by atoms with Gasteiger partial charge in [0.15, 0.2) is 0 Å². The van der Waals surface area contributed by atoms with Gasteiger partial charge in [0.1, 0.15) is 28.6 Å². The number of esters is 1. The number of benzene rings is 1. The van der Waals surface area contributed by atoms with Crippen LogP contribution in [0.25, 0.3) is 0 Å². The van der Waals surface area contributed by atoms with Gasteiger partial charge in [-0.2, -0.15) is 0 Å². The number of piperidine rings is 1. The molecule has 3 N–H and O–H groups in total. The molecule has 0 spiro atoms. The molecule has 12 nitrogen and oxygen atoms in total. The number of carbonyl (C=O) groups is 4. The van der Waals surface area contributed by atoms with E-state index in [2.05, 4.69) is 20.5 Å². The van der Waals surface area contributed by atoms with Gasteiger partial charge in [0.25, 0.3) is 5.91 Å². The molecule has 4 unspecified atom stereocenters. The Bertz CT molecular complexity index is 1530. The predicted octanol–water partition coefficient (Wildman–Crippen LogP) is 4.93. The molecule has 0 bridgehead atoms. The lowest BCUT2D eigenvalue weighted by atomic mass is 9.92. The monoisotopic (exact) mass is 741 g/mol. The van der Waals surface area contributed by atoms with E-state index in [1.165, 1.54) is 18.4 Å². The van der Waals surface area contributed by atoms with Crippen LogP contribution in [-0.2, 0) is 19.1 Å². The lowest BCUT2D eigenvalue weighted by molar-refractivity contribution is -0.145. The molecular formula is C39H59N5O7S. The molecule has 1 aromatic heterocycles. The summed E-state index contributed by atoms with van der Waals surface area (Å²) in [6.45, 7) is 10.6. The SMILES string of the molecule is CCC(C)[C@H](NC(=O)C1CCCCN1C)C(=O)N(C)C(C[C@@H](O)c1nc(C(=O)N[C@@]2(C[C@H](C)C(=O)OC)CC2c2ccc(OC)cc2)cs1)C(C)C. The highest BCUT2D eigenvalue weighted by atomic mass is 32.1. The first-order valence-corrected chi connectivity index (χ1v) is 19.5. The molecule has 1 saturated heterocycles. The first-order valence-electron chi connectivity index (χ1n) is 18.6. The van der Waals surface area contributed by atoms with Crippen LogP contribution in [0.3, 0.4) is 0 Å². The first-order chi connectivity index (χ1) is 24.7. The van der Waals surface area contributed by atoms with E-state index in [0.717, 1.165) is 37.1 Å². The Hall–Kier alpha value is -3.55. The van der Waals surface area contributed by atoms with Gasteiger partial charge in [0, 0.05) is 36.3 Å². The molecule has 1 aliphatic heterocycles. The van der Waals surface area contributed by atoms with Crippen molar-refractivity contribution in [2.45, 2.75) is 115 Å². The number of carbonyl (C=O) groups excluding carboxylic acids is 4. The van der Waals surface area contributed by atoms with E-state index >= 15 is 0 Å². The quantitative estimate of drug-likeness (QED) is 0.192. The van der Waals surface area contributed by atoms with E-state index in [9.17, 15) is 24.3 Å². The topological polar surface area (TPSA) is 150 Å². The van der Waals surface area contributed by atoms with E-state index in [1.54, 1.807) is 31.4 Å². The summed E-state index contributed by atoms with van der Waals surface area (Å²) in [5, 5.41) is 19.7. The number of likely N-dealkylation sites (N-methyl/N-ethyl adjacent to an activating group) is 2. The molecule has 288 valence electrons. The van der Waals surface area contributed by atoms with Crippen LogP contribution in [0.2, 0.25) is 0 Å². The number of aromatic nitrogens is 1. The fourth-order valence-electron chi connectivity index (χ4n) is 7.59. The third kappa shape index (κ3) is 9.70. The summed E-state index contributed by atoms with van der Waals surface area (Å²) in [5.74, 6) is -0.833. The van der Waals surface area contributed by atoms with Crippen molar-refractivity contribution in [1.82, 2.24) is 25.4 Å². The van der Waals surface area contributed by atoms with E-state index in [-0.39, 0.29) is 65.6 Å². The summed E-state index contributed by atoms with van der Waals surface area (Å²) >= 11 is 1.19.